The molecule has 3 nitrogen and oxygen atoms in total. The van der Waals surface area contributed by atoms with Gasteiger partial charge in [-0.3, -0.25) is 0 Å². The molecule has 0 radical (unpaired) electrons. The van der Waals surface area contributed by atoms with E-state index in [2.05, 4.69) is 19.0 Å². The maximum Gasteiger partial charge on any atom is 0.230 e. The Morgan fingerprint density at radius 3 is 2.43 bits per heavy atom. The lowest BCUT2D eigenvalue weighted by molar-refractivity contribution is 0.411. The van der Waals surface area contributed by atoms with Gasteiger partial charge >= 0.3 is 0 Å². The van der Waals surface area contributed by atoms with Crippen LogP contribution in [0.25, 0.3) is 11.1 Å². The van der Waals surface area contributed by atoms with E-state index in [9.17, 15) is 8.78 Å². The lowest BCUT2D eigenvalue weighted by atomic mass is 9.90. The molecule has 2 rings (SSSR count). The first kappa shape index (κ1) is 15.5. The van der Waals surface area contributed by atoms with E-state index in [-0.39, 0.29) is 17.4 Å². The molecule has 0 saturated heterocycles. The van der Waals surface area contributed by atoms with Crippen molar-refractivity contribution in [3.63, 3.8) is 0 Å². The molecular formula is C16H20F2N2O. The van der Waals surface area contributed by atoms with Crippen LogP contribution in [0, 0.1) is 11.6 Å². The van der Waals surface area contributed by atoms with Gasteiger partial charge in [0.15, 0.2) is 0 Å². The summed E-state index contributed by atoms with van der Waals surface area (Å²) in [5.74, 6) is -1.03. The summed E-state index contributed by atoms with van der Waals surface area (Å²) in [6.45, 7) is 4.18. The molecule has 2 N–H and O–H groups in total. The van der Waals surface area contributed by atoms with Crippen molar-refractivity contribution in [1.29, 1.82) is 0 Å². The largest absolute Gasteiger partial charge is 0.367 e. The molecule has 0 fully saturated rings. The van der Waals surface area contributed by atoms with Crippen molar-refractivity contribution in [3.8, 4) is 11.1 Å². The Hall–Kier alpha value is -1.91. The Labute approximate surface area is 123 Å². The summed E-state index contributed by atoms with van der Waals surface area (Å²) in [6.07, 6.45) is 3.83. The third-order valence-electron chi connectivity index (χ3n) is 3.61. The second-order valence-corrected chi connectivity index (χ2v) is 5.21. The number of hydrogen-bond donors (Lipinski definition) is 1. The molecule has 0 spiro atoms. The Kier molecular flexibility index (Phi) is 4.94. The van der Waals surface area contributed by atoms with Gasteiger partial charge in [-0.2, -0.15) is 0 Å². The van der Waals surface area contributed by atoms with Crippen LogP contribution in [0.4, 0.5) is 14.7 Å². The number of nitrogens with zero attached hydrogens (tertiary/aromatic N) is 1. The molecule has 114 valence electrons. The number of nitrogen functional groups attached to an aromatic ring is 1. The molecule has 1 aromatic heterocycles. The Balaban J connectivity index is 2.50. The van der Waals surface area contributed by atoms with E-state index >= 15 is 0 Å². The van der Waals surface area contributed by atoms with Crippen LogP contribution in [0.1, 0.15) is 51.1 Å². The van der Waals surface area contributed by atoms with Crippen LogP contribution in [0.2, 0.25) is 0 Å². The minimum absolute atomic E-state index is 0.0766. The number of rotatable bonds is 6. The van der Waals surface area contributed by atoms with Crippen molar-refractivity contribution in [2.24, 2.45) is 0 Å². The number of halogens is 2. The fraction of sp³-hybridized carbons (Fsp3) is 0.438. The van der Waals surface area contributed by atoms with Crippen LogP contribution in [0.3, 0.4) is 0 Å². The Morgan fingerprint density at radius 1 is 1.19 bits per heavy atom. The lowest BCUT2D eigenvalue weighted by Crippen LogP contribution is -2.02. The third-order valence-corrected chi connectivity index (χ3v) is 3.61. The minimum atomic E-state index is -0.655. The van der Waals surface area contributed by atoms with Gasteiger partial charge in [0, 0.05) is 17.5 Å². The predicted molar refractivity (Wildman–Crippen MR) is 78.8 cm³/mol. The van der Waals surface area contributed by atoms with Crippen molar-refractivity contribution >= 4 is 5.88 Å². The highest BCUT2D eigenvalue weighted by molar-refractivity contribution is 5.76. The molecule has 0 aliphatic heterocycles. The fourth-order valence-corrected chi connectivity index (χ4v) is 2.67. The van der Waals surface area contributed by atoms with E-state index in [1.54, 1.807) is 0 Å². The van der Waals surface area contributed by atoms with Crippen molar-refractivity contribution in [3.05, 3.63) is 35.5 Å². The number of benzene rings is 1. The van der Waals surface area contributed by atoms with Gasteiger partial charge in [-0.1, -0.05) is 31.8 Å². The monoisotopic (exact) mass is 294 g/mol. The first-order valence-corrected chi connectivity index (χ1v) is 7.28. The second-order valence-electron chi connectivity index (χ2n) is 5.21. The van der Waals surface area contributed by atoms with Crippen LogP contribution < -0.4 is 5.73 Å². The van der Waals surface area contributed by atoms with Gasteiger partial charge < -0.3 is 10.3 Å². The van der Waals surface area contributed by atoms with Gasteiger partial charge in [-0.25, -0.2) is 8.78 Å². The quantitative estimate of drug-likeness (QED) is 0.825. The Morgan fingerprint density at radius 2 is 1.86 bits per heavy atom. The van der Waals surface area contributed by atoms with Crippen molar-refractivity contribution < 1.29 is 13.3 Å². The molecule has 0 atom stereocenters. The first-order valence-electron chi connectivity index (χ1n) is 7.28. The normalized spacial score (nSPS) is 11.3. The molecule has 0 amide bonds. The van der Waals surface area contributed by atoms with Crippen molar-refractivity contribution in [1.82, 2.24) is 5.16 Å². The zero-order valence-corrected chi connectivity index (χ0v) is 12.3. The van der Waals surface area contributed by atoms with Gasteiger partial charge in [-0.05, 0) is 25.0 Å². The van der Waals surface area contributed by atoms with E-state index in [0.29, 0.717) is 11.3 Å². The van der Waals surface area contributed by atoms with Crippen LogP contribution >= 0.6 is 0 Å². The smallest absolute Gasteiger partial charge is 0.230 e. The van der Waals surface area contributed by atoms with Crippen LogP contribution in [0.5, 0.6) is 0 Å². The SMILES string of the molecule is CCCC(CCC)c1noc(N)c1-c1ccc(F)cc1F. The van der Waals surface area contributed by atoms with E-state index < -0.39 is 11.6 Å². The zero-order valence-electron chi connectivity index (χ0n) is 12.3. The summed E-state index contributed by atoms with van der Waals surface area (Å²) in [6, 6.07) is 3.44. The summed E-state index contributed by atoms with van der Waals surface area (Å²) >= 11 is 0. The number of aromatic nitrogens is 1. The van der Waals surface area contributed by atoms with Gasteiger partial charge in [0.2, 0.25) is 5.88 Å². The number of nitrogens with two attached hydrogens (primary N) is 1. The molecule has 0 aliphatic carbocycles. The van der Waals surface area contributed by atoms with Gasteiger partial charge in [0.25, 0.3) is 0 Å². The Bertz CT molecular complexity index is 604. The van der Waals surface area contributed by atoms with Crippen LogP contribution in [-0.2, 0) is 0 Å². The maximum absolute atomic E-state index is 14.0. The van der Waals surface area contributed by atoms with E-state index in [1.165, 1.54) is 12.1 Å². The fourth-order valence-electron chi connectivity index (χ4n) is 2.67. The van der Waals surface area contributed by atoms with Gasteiger partial charge in [0.1, 0.15) is 11.6 Å². The van der Waals surface area contributed by atoms with Crippen LogP contribution in [-0.4, -0.2) is 5.16 Å². The predicted octanol–water partition coefficient (Wildman–Crippen LogP) is 4.89. The average molecular weight is 294 g/mol. The van der Waals surface area contributed by atoms with E-state index in [4.69, 9.17) is 10.3 Å². The average Bonchev–Trinajstić information content (AvgIpc) is 2.80. The molecule has 5 heteroatoms. The molecule has 2 aromatic rings. The standard InChI is InChI=1S/C16H20F2N2O/c1-3-5-10(6-4-2)15-14(16(19)21-20-15)12-8-7-11(17)9-13(12)18/h7-10H,3-6,19H2,1-2H3. The van der Waals surface area contributed by atoms with Gasteiger partial charge in [-0.15, -0.1) is 0 Å². The molecule has 0 saturated carbocycles. The molecule has 21 heavy (non-hydrogen) atoms. The van der Waals surface area contributed by atoms with Crippen molar-refractivity contribution in [2.75, 3.05) is 5.73 Å². The van der Waals surface area contributed by atoms with Crippen LogP contribution in [0.15, 0.2) is 22.7 Å². The summed E-state index contributed by atoms with van der Waals surface area (Å²) < 4.78 is 32.2. The molecule has 0 bridgehead atoms. The molecule has 0 unspecified atom stereocenters. The molecule has 1 aromatic carbocycles. The minimum Gasteiger partial charge on any atom is -0.367 e. The lowest BCUT2D eigenvalue weighted by Gasteiger charge is -2.14. The molecule has 0 aliphatic rings. The molecule has 1 heterocycles. The zero-order chi connectivity index (χ0) is 15.4. The third kappa shape index (κ3) is 3.23. The summed E-state index contributed by atoms with van der Waals surface area (Å²) in [4.78, 5) is 0. The number of hydrogen-bond acceptors (Lipinski definition) is 3. The van der Waals surface area contributed by atoms with E-state index in [1.807, 2.05) is 0 Å². The summed E-state index contributed by atoms with van der Waals surface area (Å²) in [5.41, 5.74) is 7.19. The second kappa shape index (κ2) is 6.70. The van der Waals surface area contributed by atoms with Crippen molar-refractivity contribution in [2.45, 2.75) is 45.4 Å². The number of anilines is 1. The maximum atomic E-state index is 14.0. The van der Waals surface area contributed by atoms with E-state index in [0.717, 1.165) is 31.7 Å². The summed E-state index contributed by atoms with van der Waals surface area (Å²) in [5, 5.41) is 4.03. The topological polar surface area (TPSA) is 52.0 Å². The highest BCUT2D eigenvalue weighted by Crippen LogP contribution is 2.38. The summed E-state index contributed by atoms with van der Waals surface area (Å²) in [7, 11) is 0. The molecular weight excluding hydrogens is 274 g/mol. The highest BCUT2D eigenvalue weighted by Gasteiger charge is 2.24. The first-order chi connectivity index (χ1) is 10.1. The highest BCUT2D eigenvalue weighted by atomic mass is 19.1. The van der Waals surface area contributed by atoms with Gasteiger partial charge in [0.05, 0.1) is 11.3 Å².